The number of hydrogen-bond acceptors (Lipinski definition) is 3. The highest BCUT2D eigenvalue weighted by atomic mass is 16.2. The lowest BCUT2D eigenvalue weighted by Gasteiger charge is -2.37. The van der Waals surface area contributed by atoms with E-state index in [1.165, 1.54) is 0 Å². The van der Waals surface area contributed by atoms with E-state index in [1.807, 2.05) is 29.2 Å². The fourth-order valence-electron chi connectivity index (χ4n) is 3.35. The summed E-state index contributed by atoms with van der Waals surface area (Å²) < 4.78 is 0. The third kappa shape index (κ3) is 5.48. The van der Waals surface area contributed by atoms with E-state index in [1.54, 1.807) is 0 Å². The number of nitrogens with zero attached hydrogens (tertiary/aromatic N) is 1. The topological polar surface area (TPSA) is 75.4 Å². The van der Waals surface area contributed by atoms with Crippen LogP contribution in [0.2, 0.25) is 0 Å². The number of anilines is 1. The molecule has 0 aliphatic carbocycles. The Kier molecular flexibility index (Phi) is 7.29. The van der Waals surface area contributed by atoms with Gasteiger partial charge in [0.25, 0.3) is 0 Å². The number of nitrogen functional groups attached to an aromatic ring is 1. The third-order valence-electron chi connectivity index (χ3n) is 5.07. The molecule has 1 saturated heterocycles. The molecule has 1 aliphatic rings. The maximum atomic E-state index is 12.7. The van der Waals surface area contributed by atoms with Gasteiger partial charge >= 0.3 is 0 Å². The van der Waals surface area contributed by atoms with Crippen LogP contribution < -0.4 is 11.1 Å². The molecule has 3 N–H and O–H groups in total. The first-order chi connectivity index (χ1) is 12.0. The molecule has 0 aromatic heterocycles. The number of carbonyl (C=O) groups is 2. The molecular formula is C20H31N3O2. The predicted molar refractivity (Wildman–Crippen MR) is 101 cm³/mol. The summed E-state index contributed by atoms with van der Waals surface area (Å²) >= 11 is 0. The summed E-state index contributed by atoms with van der Waals surface area (Å²) in [7, 11) is 0. The molecule has 2 unspecified atom stereocenters. The van der Waals surface area contributed by atoms with Crippen LogP contribution in [0.15, 0.2) is 24.3 Å². The molecule has 5 nitrogen and oxygen atoms in total. The lowest BCUT2D eigenvalue weighted by atomic mass is 9.92. The Bertz CT molecular complexity index is 588. The van der Waals surface area contributed by atoms with Crippen molar-refractivity contribution in [2.45, 2.75) is 58.4 Å². The molecule has 1 aromatic rings. The summed E-state index contributed by atoms with van der Waals surface area (Å²) in [5.41, 5.74) is 7.69. The van der Waals surface area contributed by atoms with Gasteiger partial charge < -0.3 is 16.0 Å². The van der Waals surface area contributed by atoms with Crippen LogP contribution in [0.25, 0.3) is 0 Å². The van der Waals surface area contributed by atoms with Crippen molar-refractivity contribution >= 4 is 17.5 Å². The lowest BCUT2D eigenvalue weighted by Crippen LogP contribution is -2.49. The molecule has 1 aromatic carbocycles. The van der Waals surface area contributed by atoms with Crippen LogP contribution in [0, 0.1) is 5.92 Å². The number of likely N-dealkylation sites (tertiary alicyclic amines) is 1. The minimum atomic E-state index is -0.0844. The Balaban J connectivity index is 1.89. The SMILES string of the molecule is CCCCNC(=O)C1CCC(C)N(C(=O)CCc2ccccc2N)C1. The van der Waals surface area contributed by atoms with Crippen LogP contribution in [-0.2, 0) is 16.0 Å². The van der Waals surface area contributed by atoms with Gasteiger partial charge in [0, 0.05) is 31.2 Å². The normalized spacial score (nSPS) is 20.3. The van der Waals surface area contributed by atoms with Crippen molar-refractivity contribution in [3.63, 3.8) is 0 Å². The number of para-hydroxylation sites is 1. The Morgan fingerprint density at radius 1 is 1.28 bits per heavy atom. The quantitative estimate of drug-likeness (QED) is 0.589. The zero-order valence-electron chi connectivity index (χ0n) is 15.5. The summed E-state index contributed by atoms with van der Waals surface area (Å²) in [6, 6.07) is 7.86. The van der Waals surface area contributed by atoms with Gasteiger partial charge in [-0.25, -0.2) is 0 Å². The summed E-state index contributed by atoms with van der Waals surface area (Å²) in [6.45, 7) is 5.43. The maximum absolute atomic E-state index is 12.7. The smallest absolute Gasteiger partial charge is 0.224 e. The lowest BCUT2D eigenvalue weighted by molar-refractivity contribution is -0.138. The number of hydrogen-bond donors (Lipinski definition) is 2. The van der Waals surface area contributed by atoms with Gasteiger partial charge in [0.05, 0.1) is 5.92 Å². The highest BCUT2D eigenvalue weighted by Gasteiger charge is 2.32. The molecule has 2 amide bonds. The molecule has 0 spiro atoms. The van der Waals surface area contributed by atoms with Gasteiger partial charge in [-0.3, -0.25) is 9.59 Å². The minimum Gasteiger partial charge on any atom is -0.399 e. The Labute approximate surface area is 151 Å². The molecule has 1 heterocycles. The second kappa shape index (κ2) is 9.44. The van der Waals surface area contributed by atoms with Crippen molar-refractivity contribution in [1.29, 1.82) is 0 Å². The summed E-state index contributed by atoms with van der Waals surface area (Å²) in [6.07, 6.45) is 4.87. The molecule has 0 radical (unpaired) electrons. The van der Waals surface area contributed by atoms with Crippen LogP contribution in [0.1, 0.15) is 51.5 Å². The second-order valence-electron chi connectivity index (χ2n) is 7.01. The molecular weight excluding hydrogens is 314 g/mol. The number of unbranched alkanes of at least 4 members (excludes halogenated alkanes) is 1. The van der Waals surface area contributed by atoms with E-state index in [0.717, 1.165) is 43.5 Å². The van der Waals surface area contributed by atoms with Crippen LogP contribution in [-0.4, -0.2) is 35.8 Å². The van der Waals surface area contributed by atoms with Gasteiger partial charge in [-0.1, -0.05) is 31.5 Å². The average molecular weight is 345 g/mol. The minimum absolute atomic E-state index is 0.0844. The molecule has 2 atom stereocenters. The molecule has 1 fully saturated rings. The van der Waals surface area contributed by atoms with Gasteiger partial charge in [-0.05, 0) is 44.2 Å². The number of amides is 2. The Hall–Kier alpha value is -2.04. The molecule has 0 bridgehead atoms. The van der Waals surface area contributed by atoms with Crippen molar-refractivity contribution in [3.8, 4) is 0 Å². The standard InChI is InChI=1S/C20H31N3O2/c1-3-4-13-22-20(25)17-10-9-15(2)23(14-17)19(24)12-11-16-7-5-6-8-18(16)21/h5-8,15,17H,3-4,9-14,21H2,1-2H3,(H,22,25). The van der Waals surface area contributed by atoms with E-state index in [9.17, 15) is 9.59 Å². The predicted octanol–water partition coefficient (Wildman–Crippen LogP) is 2.74. The number of aryl methyl sites for hydroxylation is 1. The van der Waals surface area contributed by atoms with E-state index >= 15 is 0 Å². The molecule has 2 rings (SSSR count). The third-order valence-corrected chi connectivity index (χ3v) is 5.07. The number of nitrogens with one attached hydrogen (secondary N) is 1. The first-order valence-corrected chi connectivity index (χ1v) is 9.43. The first-order valence-electron chi connectivity index (χ1n) is 9.43. The van der Waals surface area contributed by atoms with E-state index < -0.39 is 0 Å². The van der Waals surface area contributed by atoms with Gasteiger partial charge in [0.15, 0.2) is 0 Å². The highest BCUT2D eigenvalue weighted by Crippen LogP contribution is 2.23. The molecule has 5 heteroatoms. The zero-order chi connectivity index (χ0) is 18.2. The van der Waals surface area contributed by atoms with Crippen molar-refractivity contribution < 1.29 is 9.59 Å². The monoisotopic (exact) mass is 345 g/mol. The van der Waals surface area contributed by atoms with Crippen LogP contribution >= 0.6 is 0 Å². The van der Waals surface area contributed by atoms with Crippen molar-refractivity contribution in [2.75, 3.05) is 18.8 Å². The largest absolute Gasteiger partial charge is 0.399 e. The van der Waals surface area contributed by atoms with Crippen LogP contribution in [0.5, 0.6) is 0 Å². The summed E-state index contributed by atoms with van der Waals surface area (Å²) in [4.78, 5) is 26.9. The number of nitrogens with two attached hydrogens (primary N) is 1. The maximum Gasteiger partial charge on any atom is 0.224 e. The van der Waals surface area contributed by atoms with Gasteiger partial charge in [0.1, 0.15) is 0 Å². The number of piperidine rings is 1. The zero-order valence-corrected chi connectivity index (χ0v) is 15.5. The van der Waals surface area contributed by atoms with Gasteiger partial charge in [-0.15, -0.1) is 0 Å². The number of rotatable bonds is 7. The molecule has 0 saturated carbocycles. The second-order valence-corrected chi connectivity index (χ2v) is 7.01. The van der Waals surface area contributed by atoms with Crippen molar-refractivity contribution in [1.82, 2.24) is 10.2 Å². The van der Waals surface area contributed by atoms with E-state index in [0.29, 0.717) is 19.4 Å². The summed E-state index contributed by atoms with van der Waals surface area (Å²) in [5.74, 6) is 0.117. The van der Waals surface area contributed by atoms with Gasteiger partial charge in [0.2, 0.25) is 11.8 Å². The Morgan fingerprint density at radius 3 is 2.76 bits per heavy atom. The van der Waals surface area contributed by atoms with Crippen LogP contribution in [0.4, 0.5) is 5.69 Å². The Morgan fingerprint density at radius 2 is 2.04 bits per heavy atom. The first kappa shape index (κ1) is 19.3. The number of carbonyl (C=O) groups excluding carboxylic acids is 2. The van der Waals surface area contributed by atoms with Gasteiger partial charge in [-0.2, -0.15) is 0 Å². The van der Waals surface area contributed by atoms with Crippen molar-refractivity contribution in [2.24, 2.45) is 5.92 Å². The fourth-order valence-corrected chi connectivity index (χ4v) is 3.35. The van der Waals surface area contributed by atoms with E-state index in [-0.39, 0.29) is 23.8 Å². The van der Waals surface area contributed by atoms with Crippen molar-refractivity contribution in [3.05, 3.63) is 29.8 Å². The molecule has 1 aliphatic heterocycles. The van der Waals surface area contributed by atoms with Crippen LogP contribution in [0.3, 0.4) is 0 Å². The number of benzene rings is 1. The fraction of sp³-hybridized carbons (Fsp3) is 0.600. The summed E-state index contributed by atoms with van der Waals surface area (Å²) in [5, 5.41) is 3.00. The molecule has 138 valence electrons. The van der Waals surface area contributed by atoms with E-state index in [2.05, 4.69) is 19.2 Å². The van der Waals surface area contributed by atoms with E-state index in [4.69, 9.17) is 5.73 Å². The highest BCUT2D eigenvalue weighted by molar-refractivity contribution is 5.81. The molecule has 25 heavy (non-hydrogen) atoms. The average Bonchev–Trinajstić information content (AvgIpc) is 2.61.